The first-order chi connectivity index (χ1) is 9.69. The van der Waals surface area contributed by atoms with E-state index in [-0.39, 0.29) is 0 Å². The Morgan fingerprint density at radius 3 is 2.65 bits per heavy atom. The van der Waals surface area contributed by atoms with Crippen LogP contribution in [0.2, 0.25) is 0 Å². The van der Waals surface area contributed by atoms with E-state index < -0.39 is 0 Å². The van der Waals surface area contributed by atoms with Gasteiger partial charge in [-0.2, -0.15) is 0 Å². The second-order valence-electron chi connectivity index (χ2n) is 5.10. The molecule has 2 aromatic heterocycles. The highest BCUT2D eigenvalue weighted by atomic mass is 16.4. The molecule has 0 saturated carbocycles. The van der Waals surface area contributed by atoms with Crippen molar-refractivity contribution >= 4 is 11.0 Å². The van der Waals surface area contributed by atoms with Gasteiger partial charge in [0.05, 0.1) is 16.7 Å². The summed E-state index contributed by atoms with van der Waals surface area (Å²) in [5, 5.41) is 0. The van der Waals surface area contributed by atoms with Gasteiger partial charge in [-0.3, -0.25) is 0 Å². The number of imidazole rings is 1. The van der Waals surface area contributed by atoms with Crippen LogP contribution in [0.25, 0.3) is 11.0 Å². The van der Waals surface area contributed by atoms with Crippen molar-refractivity contribution < 1.29 is 4.42 Å². The van der Waals surface area contributed by atoms with Crippen LogP contribution >= 0.6 is 0 Å². The van der Waals surface area contributed by atoms with Crippen molar-refractivity contribution in [2.45, 2.75) is 40.2 Å². The molecule has 20 heavy (non-hydrogen) atoms. The number of benzene rings is 1. The van der Waals surface area contributed by atoms with Crippen LogP contribution in [0.15, 0.2) is 28.7 Å². The van der Waals surface area contributed by atoms with Crippen molar-refractivity contribution in [1.82, 2.24) is 14.5 Å². The molecular weight excluding hydrogens is 250 g/mol. The summed E-state index contributed by atoms with van der Waals surface area (Å²) >= 11 is 0. The fourth-order valence-electron chi connectivity index (χ4n) is 2.46. The van der Waals surface area contributed by atoms with Gasteiger partial charge in [0.15, 0.2) is 0 Å². The lowest BCUT2D eigenvalue weighted by molar-refractivity contribution is 0.455. The molecule has 0 aliphatic heterocycles. The van der Waals surface area contributed by atoms with Crippen molar-refractivity contribution in [1.29, 1.82) is 0 Å². The Morgan fingerprint density at radius 2 is 1.95 bits per heavy atom. The Labute approximate surface area is 118 Å². The Bertz CT molecular complexity index is 720. The third-order valence-electron chi connectivity index (χ3n) is 3.57. The Kier molecular flexibility index (Phi) is 3.30. The summed E-state index contributed by atoms with van der Waals surface area (Å²) in [4.78, 5) is 9.20. The molecule has 0 spiro atoms. The summed E-state index contributed by atoms with van der Waals surface area (Å²) in [5.74, 6) is 2.74. The van der Waals surface area contributed by atoms with Gasteiger partial charge in [0, 0.05) is 6.42 Å². The van der Waals surface area contributed by atoms with Crippen molar-refractivity contribution in [3.63, 3.8) is 0 Å². The lowest BCUT2D eigenvalue weighted by Crippen LogP contribution is -2.05. The quantitative estimate of drug-likeness (QED) is 0.726. The lowest BCUT2D eigenvalue weighted by Gasteiger charge is -2.05. The number of aromatic nitrogens is 3. The van der Waals surface area contributed by atoms with E-state index in [9.17, 15) is 0 Å². The minimum absolute atomic E-state index is 0.643. The van der Waals surface area contributed by atoms with Gasteiger partial charge in [-0.25, -0.2) is 9.97 Å². The maximum Gasteiger partial charge on any atom is 0.214 e. The van der Waals surface area contributed by atoms with Gasteiger partial charge in [0.25, 0.3) is 0 Å². The fraction of sp³-hybridized carbons (Fsp3) is 0.375. The van der Waals surface area contributed by atoms with Gasteiger partial charge in [-0.05, 0) is 32.4 Å². The molecule has 0 fully saturated rings. The summed E-state index contributed by atoms with van der Waals surface area (Å²) in [6, 6.07) is 8.22. The van der Waals surface area contributed by atoms with Crippen molar-refractivity contribution in [3.8, 4) is 0 Å². The van der Waals surface area contributed by atoms with Crippen molar-refractivity contribution in [2.24, 2.45) is 0 Å². The van der Waals surface area contributed by atoms with Crippen LogP contribution in [0.5, 0.6) is 0 Å². The molecule has 0 radical (unpaired) electrons. The largest absolute Gasteiger partial charge is 0.444 e. The molecule has 0 atom stereocenters. The highest BCUT2D eigenvalue weighted by Crippen LogP contribution is 2.19. The van der Waals surface area contributed by atoms with E-state index >= 15 is 0 Å². The standard InChI is InChI=1S/C16H19N3O/c1-4-7-15-18-13-8-5-6-9-14(13)19(15)10-16-17-11(2)12(3)20-16/h5-6,8-9H,4,7,10H2,1-3H3. The van der Waals surface area contributed by atoms with Gasteiger partial charge in [-0.15, -0.1) is 0 Å². The summed E-state index contributed by atoms with van der Waals surface area (Å²) < 4.78 is 7.92. The SMILES string of the molecule is CCCc1nc2ccccc2n1Cc1nc(C)c(C)o1. The summed E-state index contributed by atoms with van der Waals surface area (Å²) in [6.45, 7) is 6.74. The molecule has 104 valence electrons. The van der Waals surface area contributed by atoms with Crippen LogP contribution in [0, 0.1) is 13.8 Å². The lowest BCUT2D eigenvalue weighted by atomic mass is 10.3. The van der Waals surface area contributed by atoms with E-state index in [2.05, 4.69) is 28.6 Å². The predicted octanol–water partition coefficient (Wildman–Crippen LogP) is 3.64. The summed E-state index contributed by atoms with van der Waals surface area (Å²) in [6.07, 6.45) is 2.04. The van der Waals surface area contributed by atoms with Gasteiger partial charge >= 0.3 is 0 Å². The summed E-state index contributed by atoms with van der Waals surface area (Å²) in [7, 11) is 0. The number of hydrogen-bond acceptors (Lipinski definition) is 3. The average Bonchev–Trinajstić information content (AvgIpc) is 2.93. The zero-order valence-corrected chi connectivity index (χ0v) is 12.2. The van der Waals surface area contributed by atoms with Crippen molar-refractivity contribution in [2.75, 3.05) is 0 Å². The second-order valence-corrected chi connectivity index (χ2v) is 5.10. The molecule has 2 heterocycles. The van der Waals surface area contributed by atoms with Crippen LogP contribution in [0.3, 0.4) is 0 Å². The number of aryl methyl sites for hydroxylation is 3. The maximum absolute atomic E-state index is 5.71. The highest BCUT2D eigenvalue weighted by molar-refractivity contribution is 5.76. The van der Waals surface area contributed by atoms with E-state index in [0.717, 1.165) is 47.0 Å². The molecule has 4 heteroatoms. The van der Waals surface area contributed by atoms with Gasteiger partial charge < -0.3 is 8.98 Å². The molecule has 0 saturated heterocycles. The van der Waals surface area contributed by atoms with Crippen LogP contribution in [-0.4, -0.2) is 14.5 Å². The number of rotatable bonds is 4. The van der Waals surface area contributed by atoms with Gasteiger partial charge in [0.1, 0.15) is 18.1 Å². The minimum atomic E-state index is 0.643. The van der Waals surface area contributed by atoms with Crippen LogP contribution in [0.4, 0.5) is 0 Å². The number of fused-ring (bicyclic) bond motifs is 1. The van der Waals surface area contributed by atoms with Crippen LogP contribution < -0.4 is 0 Å². The molecular formula is C16H19N3O. The molecule has 0 aliphatic carbocycles. The zero-order chi connectivity index (χ0) is 14.1. The van der Waals surface area contributed by atoms with E-state index in [0.29, 0.717) is 6.54 Å². The topological polar surface area (TPSA) is 43.9 Å². The van der Waals surface area contributed by atoms with Gasteiger partial charge in [-0.1, -0.05) is 19.1 Å². The zero-order valence-electron chi connectivity index (χ0n) is 12.2. The number of hydrogen-bond donors (Lipinski definition) is 0. The first-order valence-electron chi connectivity index (χ1n) is 7.06. The normalized spacial score (nSPS) is 11.3. The van der Waals surface area contributed by atoms with Gasteiger partial charge in [0.2, 0.25) is 5.89 Å². The smallest absolute Gasteiger partial charge is 0.214 e. The van der Waals surface area contributed by atoms with E-state index in [1.165, 1.54) is 0 Å². The Hall–Kier alpha value is -2.10. The molecule has 1 aromatic carbocycles. The molecule has 3 aromatic rings. The predicted molar refractivity (Wildman–Crippen MR) is 78.8 cm³/mol. The second kappa shape index (κ2) is 5.12. The third-order valence-corrected chi connectivity index (χ3v) is 3.57. The maximum atomic E-state index is 5.71. The monoisotopic (exact) mass is 269 g/mol. The molecule has 0 bridgehead atoms. The number of nitrogens with zero attached hydrogens (tertiary/aromatic N) is 3. The van der Waals surface area contributed by atoms with Crippen molar-refractivity contribution in [3.05, 3.63) is 47.4 Å². The number of oxazole rings is 1. The first-order valence-corrected chi connectivity index (χ1v) is 7.06. The Morgan fingerprint density at radius 1 is 1.15 bits per heavy atom. The molecule has 0 aliphatic rings. The highest BCUT2D eigenvalue weighted by Gasteiger charge is 2.13. The summed E-state index contributed by atoms with van der Waals surface area (Å²) in [5.41, 5.74) is 3.14. The molecule has 0 amide bonds. The third kappa shape index (κ3) is 2.22. The molecule has 0 N–H and O–H groups in total. The fourth-order valence-corrected chi connectivity index (χ4v) is 2.46. The van der Waals surface area contributed by atoms with E-state index in [4.69, 9.17) is 9.40 Å². The minimum Gasteiger partial charge on any atom is -0.444 e. The number of para-hydroxylation sites is 2. The van der Waals surface area contributed by atoms with Crippen LogP contribution in [-0.2, 0) is 13.0 Å². The first kappa shape index (κ1) is 12.9. The van der Waals surface area contributed by atoms with E-state index in [1.807, 2.05) is 26.0 Å². The molecule has 4 nitrogen and oxygen atoms in total. The molecule has 3 rings (SSSR count). The van der Waals surface area contributed by atoms with E-state index in [1.54, 1.807) is 0 Å². The average molecular weight is 269 g/mol. The Balaban J connectivity index is 2.06. The molecule has 0 unspecified atom stereocenters. The van der Waals surface area contributed by atoms with Crippen LogP contribution in [0.1, 0.15) is 36.5 Å².